The molecule has 4 rings (SSSR count). The van der Waals surface area contributed by atoms with Crippen LogP contribution in [-0.4, -0.2) is 38.5 Å². The van der Waals surface area contributed by atoms with Crippen molar-refractivity contribution in [1.29, 1.82) is 0 Å². The van der Waals surface area contributed by atoms with E-state index in [2.05, 4.69) is 20.6 Å². The molecule has 0 bridgehead atoms. The summed E-state index contributed by atoms with van der Waals surface area (Å²) in [5, 5.41) is 15.4. The Hall–Kier alpha value is -5.56. The van der Waals surface area contributed by atoms with E-state index in [0.29, 0.717) is 33.6 Å². The van der Waals surface area contributed by atoms with Crippen LogP contribution in [0.15, 0.2) is 82.7 Å². The number of hydrogen-bond donors (Lipinski definition) is 5. The molecule has 3 aromatic carbocycles. The number of carbonyl (C=O) groups excluding carboxylic acids is 2. The summed E-state index contributed by atoms with van der Waals surface area (Å²) in [4.78, 5) is 46.5. The molecule has 4 aromatic rings. The molecule has 13 heteroatoms. The summed E-state index contributed by atoms with van der Waals surface area (Å²) < 4.78 is 19.4. The van der Waals surface area contributed by atoms with E-state index in [9.17, 15) is 23.9 Å². The van der Waals surface area contributed by atoms with Crippen LogP contribution in [0.4, 0.5) is 20.7 Å². The number of nitrogen functional groups attached to an aromatic ring is 1. The second kappa shape index (κ2) is 14.8. The zero-order valence-electron chi connectivity index (χ0n) is 24.8. The molecule has 0 saturated carbocycles. The molecule has 0 unspecified atom stereocenters. The summed E-state index contributed by atoms with van der Waals surface area (Å²) in [5.74, 6) is -0.785. The minimum Gasteiger partial charge on any atom is -0.443 e. The Balaban J connectivity index is 1.42. The van der Waals surface area contributed by atoms with Crippen molar-refractivity contribution in [3.63, 3.8) is 0 Å². The van der Waals surface area contributed by atoms with Gasteiger partial charge >= 0.3 is 6.09 Å². The quantitative estimate of drug-likeness (QED) is 0.0958. The molecular formula is C32H34FN7O5. The average molecular weight is 616 g/mol. The highest BCUT2D eigenvalue weighted by atomic mass is 19.1. The molecule has 0 fully saturated rings. The molecular weight excluding hydrogens is 581 g/mol. The number of benzene rings is 3. The van der Waals surface area contributed by atoms with E-state index >= 15 is 0 Å². The van der Waals surface area contributed by atoms with Gasteiger partial charge < -0.3 is 31.9 Å². The van der Waals surface area contributed by atoms with E-state index in [1.165, 1.54) is 35.0 Å². The lowest BCUT2D eigenvalue weighted by atomic mass is 10.1. The van der Waals surface area contributed by atoms with Gasteiger partial charge in [-0.25, -0.2) is 14.2 Å². The number of aliphatic imine (C=N–C) groups is 1. The standard InChI is InChI=1S/C32H34FN7O5/c1-19(2)38-30-31(43)40(27(15-37-30)24-11-22(17-41)12-26(34)13-24)16-28(42)36-14-20-3-7-23(8-4-20)29(35)39-32(44)45-18-21-5-9-25(33)10-6-21/h3-13,15,19,41H,14,16-18,34H2,1-2H3,(H,36,42)(H,37,38)(H2,35,39,44). The Morgan fingerprint density at radius 3 is 2.40 bits per heavy atom. The van der Waals surface area contributed by atoms with Crippen LogP contribution >= 0.6 is 0 Å². The Morgan fingerprint density at radius 1 is 1.04 bits per heavy atom. The van der Waals surface area contributed by atoms with Crippen LogP contribution in [0.1, 0.15) is 36.1 Å². The molecule has 2 amide bonds. The van der Waals surface area contributed by atoms with Crippen molar-refractivity contribution < 1.29 is 23.8 Å². The molecule has 7 N–H and O–H groups in total. The van der Waals surface area contributed by atoms with Crippen molar-refractivity contribution in [1.82, 2.24) is 14.9 Å². The number of anilines is 2. The topological polar surface area (TPSA) is 187 Å². The number of nitrogens with one attached hydrogen (secondary N) is 2. The number of amidine groups is 1. The van der Waals surface area contributed by atoms with Crippen molar-refractivity contribution in [2.75, 3.05) is 11.1 Å². The number of aromatic nitrogens is 2. The molecule has 0 spiro atoms. The first-order valence-electron chi connectivity index (χ1n) is 14.0. The molecule has 234 valence electrons. The van der Waals surface area contributed by atoms with Gasteiger partial charge in [-0.05, 0) is 60.9 Å². The Bertz CT molecular complexity index is 1750. The molecule has 1 heterocycles. The maximum atomic E-state index is 13.4. The summed E-state index contributed by atoms with van der Waals surface area (Å²) in [7, 11) is 0. The highest BCUT2D eigenvalue weighted by Crippen LogP contribution is 2.23. The Morgan fingerprint density at radius 2 is 1.73 bits per heavy atom. The van der Waals surface area contributed by atoms with Crippen molar-refractivity contribution >= 4 is 29.3 Å². The number of ether oxygens (including phenoxy) is 1. The fourth-order valence-electron chi connectivity index (χ4n) is 4.32. The first kappa shape index (κ1) is 32.4. The molecule has 0 aliphatic heterocycles. The largest absolute Gasteiger partial charge is 0.443 e. The third-order valence-electron chi connectivity index (χ3n) is 6.50. The number of aliphatic hydroxyl groups is 1. The van der Waals surface area contributed by atoms with Crippen LogP contribution in [0, 0.1) is 5.82 Å². The van der Waals surface area contributed by atoms with E-state index < -0.39 is 23.4 Å². The Kier molecular flexibility index (Phi) is 10.6. The summed E-state index contributed by atoms with van der Waals surface area (Å²) >= 11 is 0. The SMILES string of the molecule is CC(C)Nc1ncc(-c2cc(N)cc(CO)c2)n(CC(=O)NCc2ccc(/C(N)=N/C(=O)OCc3ccc(F)cc3)cc2)c1=O. The van der Waals surface area contributed by atoms with E-state index in [-0.39, 0.29) is 44.0 Å². The number of amides is 2. The second-order valence-corrected chi connectivity index (χ2v) is 10.5. The molecule has 0 aliphatic carbocycles. The molecule has 0 aliphatic rings. The predicted octanol–water partition coefficient (Wildman–Crippen LogP) is 3.30. The van der Waals surface area contributed by atoms with Gasteiger partial charge in [0.25, 0.3) is 5.56 Å². The van der Waals surface area contributed by atoms with Crippen molar-refractivity contribution in [3.05, 3.63) is 111 Å². The second-order valence-electron chi connectivity index (χ2n) is 10.5. The zero-order valence-corrected chi connectivity index (χ0v) is 24.8. The van der Waals surface area contributed by atoms with Gasteiger partial charge in [0.05, 0.1) is 18.5 Å². The maximum absolute atomic E-state index is 13.4. The van der Waals surface area contributed by atoms with E-state index in [1.807, 2.05) is 13.8 Å². The lowest BCUT2D eigenvalue weighted by molar-refractivity contribution is -0.121. The molecule has 0 radical (unpaired) electrons. The van der Waals surface area contributed by atoms with Gasteiger partial charge in [-0.15, -0.1) is 0 Å². The summed E-state index contributed by atoms with van der Waals surface area (Å²) in [6, 6.07) is 17.1. The molecule has 0 saturated heterocycles. The van der Waals surface area contributed by atoms with Gasteiger partial charge in [-0.3, -0.25) is 14.2 Å². The lowest BCUT2D eigenvalue weighted by Crippen LogP contribution is -2.35. The summed E-state index contributed by atoms with van der Waals surface area (Å²) in [6.07, 6.45) is 0.592. The van der Waals surface area contributed by atoms with Gasteiger partial charge in [0.15, 0.2) is 5.82 Å². The third kappa shape index (κ3) is 8.97. The number of nitrogens with two attached hydrogens (primary N) is 2. The summed E-state index contributed by atoms with van der Waals surface area (Å²) in [5.41, 5.74) is 15.1. The van der Waals surface area contributed by atoms with Crippen LogP contribution < -0.4 is 27.7 Å². The summed E-state index contributed by atoms with van der Waals surface area (Å²) in [6.45, 7) is 3.25. The van der Waals surface area contributed by atoms with Crippen LogP contribution in [0.5, 0.6) is 0 Å². The van der Waals surface area contributed by atoms with E-state index in [0.717, 1.165) is 5.56 Å². The number of aliphatic hydroxyl groups excluding tert-OH is 1. The van der Waals surface area contributed by atoms with Gasteiger partial charge in [-0.2, -0.15) is 4.99 Å². The number of halogens is 1. The van der Waals surface area contributed by atoms with Crippen LogP contribution in [0.3, 0.4) is 0 Å². The van der Waals surface area contributed by atoms with Crippen molar-refractivity contribution in [2.45, 2.75) is 46.2 Å². The Labute approximate surface area is 258 Å². The van der Waals surface area contributed by atoms with Crippen LogP contribution in [-0.2, 0) is 35.8 Å². The van der Waals surface area contributed by atoms with Crippen LogP contribution in [0.2, 0.25) is 0 Å². The van der Waals surface area contributed by atoms with Gasteiger partial charge in [0.2, 0.25) is 5.91 Å². The maximum Gasteiger partial charge on any atom is 0.435 e. The highest BCUT2D eigenvalue weighted by Gasteiger charge is 2.17. The monoisotopic (exact) mass is 615 g/mol. The third-order valence-corrected chi connectivity index (χ3v) is 6.50. The first-order chi connectivity index (χ1) is 21.5. The van der Waals surface area contributed by atoms with Crippen molar-refractivity contribution in [2.24, 2.45) is 10.7 Å². The van der Waals surface area contributed by atoms with E-state index in [1.54, 1.807) is 42.5 Å². The van der Waals surface area contributed by atoms with Gasteiger partial charge in [0, 0.05) is 29.4 Å². The number of rotatable bonds is 11. The minimum absolute atomic E-state index is 0.0593. The first-order valence-corrected chi connectivity index (χ1v) is 14.0. The fourth-order valence-corrected chi connectivity index (χ4v) is 4.32. The highest BCUT2D eigenvalue weighted by molar-refractivity contribution is 6.02. The zero-order chi connectivity index (χ0) is 32.5. The molecule has 0 atom stereocenters. The number of carbonyl (C=O) groups is 2. The van der Waals surface area contributed by atoms with Gasteiger partial charge in [-0.1, -0.05) is 36.4 Å². The fraction of sp³-hybridized carbons (Fsp3) is 0.219. The smallest absolute Gasteiger partial charge is 0.435 e. The lowest BCUT2D eigenvalue weighted by Gasteiger charge is -2.17. The van der Waals surface area contributed by atoms with Gasteiger partial charge in [0.1, 0.15) is 24.8 Å². The number of hydrogen-bond acceptors (Lipinski definition) is 8. The molecule has 12 nitrogen and oxygen atoms in total. The molecule has 1 aromatic heterocycles. The minimum atomic E-state index is -0.892. The average Bonchev–Trinajstić information content (AvgIpc) is 3.01. The number of nitrogens with zero attached hydrogens (tertiary/aromatic N) is 3. The van der Waals surface area contributed by atoms with Crippen molar-refractivity contribution in [3.8, 4) is 11.3 Å². The van der Waals surface area contributed by atoms with E-state index in [4.69, 9.17) is 16.2 Å². The molecule has 45 heavy (non-hydrogen) atoms. The van der Waals surface area contributed by atoms with Crippen LogP contribution in [0.25, 0.3) is 11.3 Å². The predicted molar refractivity (Wildman–Crippen MR) is 169 cm³/mol. The normalized spacial score (nSPS) is 11.4.